The molecule has 0 heterocycles. The van der Waals surface area contributed by atoms with E-state index in [2.05, 4.69) is 0 Å². The Bertz CT molecular complexity index is 394. The molecule has 0 unspecified atom stereocenters. The summed E-state index contributed by atoms with van der Waals surface area (Å²) in [7, 11) is 1.63. The number of ether oxygens (including phenoxy) is 2. The highest BCUT2D eigenvalue weighted by atomic mass is 16.5. The molecule has 98 valence electrons. The molecule has 0 aromatic heterocycles. The van der Waals surface area contributed by atoms with Crippen molar-refractivity contribution in [3.8, 4) is 0 Å². The summed E-state index contributed by atoms with van der Waals surface area (Å²) in [4.78, 5) is 12.1. The van der Waals surface area contributed by atoms with Gasteiger partial charge in [-0.2, -0.15) is 0 Å². The molecule has 1 aromatic rings. The molecule has 1 fully saturated rings. The monoisotopic (exact) mass is 248 g/mol. The van der Waals surface area contributed by atoms with Crippen molar-refractivity contribution >= 4 is 5.97 Å². The molecule has 3 nitrogen and oxygen atoms in total. The third kappa shape index (κ3) is 3.33. The summed E-state index contributed by atoms with van der Waals surface area (Å²) in [6.45, 7) is 0.440. The topological polar surface area (TPSA) is 35.5 Å². The van der Waals surface area contributed by atoms with Gasteiger partial charge in [0.2, 0.25) is 0 Å². The smallest absolute Gasteiger partial charge is 0.338 e. The van der Waals surface area contributed by atoms with Gasteiger partial charge >= 0.3 is 5.97 Å². The summed E-state index contributed by atoms with van der Waals surface area (Å²) in [6.07, 6.45) is 5.68. The fourth-order valence-corrected chi connectivity index (χ4v) is 2.40. The number of esters is 1. The van der Waals surface area contributed by atoms with Gasteiger partial charge in [0.25, 0.3) is 0 Å². The number of carbonyl (C=O) groups excluding carboxylic acids is 1. The summed E-state index contributed by atoms with van der Waals surface area (Å²) in [5.41, 5.74) is 1.52. The third-order valence-electron chi connectivity index (χ3n) is 3.36. The molecule has 1 aliphatic rings. The van der Waals surface area contributed by atoms with Gasteiger partial charge in [-0.3, -0.25) is 0 Å². The maximum atomic E-state index is 12.1. The Morgan fingerprint density at radius 2 is 1.94 bits per heavy atom. The summed E-state index contributed by atoms with van der Waals surface area (Å²) >= 11 is 0. The standard InChI is InChI=1S/C15H20O3/c1-17-11-12-7-5-6-10-14(12)15(16)18-13-8-3-2-4-9-13/h5-7,10,13H,2-4,8-9,11H2,1H3. The van der Waals surface area contributed by atoms with Crippen LogP contribution in [0.3, 0.4) is 0 Å². The Morgan fingerprint density at radius 3 is 2.67 bits per heavy atom. The number of carbonyl (C=O) groups is 1. The average molecular weight is 248 g/mol. The van der Waals surface area contributed by atoms with E-state index in [-0.39, 0.29) is 12.1 Å². The minimum Gasteiger partial charge on any atom is -0.459 e. The lowest BCUT2D eigenvalue weighted by Gasteiger charge is -2.22. The van der Waals surface area contributed by atoms with Gasteiger partial charge in [-0.15, -0.1) is 0 Å². The maximum Gasteiger partial charge on any atom is 0.338 e. The van der Waals surface area contributed by atoms with Gasteiger partial charge < -0.3 is 9.47 Å². The molecule has 0 amide bonds. The first-order valence-electron chi connectivity index (χ1n) is 6.59. The quantitative estimate of drug-likeness (QED) is 0.767. The highest BCUT2D eigenvalue weighted by Crippen LogP contribution is 2.22. The minimum absolute atomic E-state index is 0.0989. The van der Waals surface area contributed by atoms with E-state index in [1.807, 2.05) is 18.2 Å². The van der Waals surface area contributed by atoms with Gasteiger partial charge in [0.15, 0.2) is 0 Å². The van der Waals surface area contributed by atoms with E-state index in [1.54, 1.807) is 13.2 Å². The van der Waals surface area contributed by atoms with E-state index < -0.39 is 0 Å². The molecule has 3 heteroatoms. The lowest BCUT2D eigenvalue weighted by atomic mass is 9.97. The highest BCUT2D eigenvalue weighted by Gasteiger charge is 2.20. The average Bonchev–Trinajstić information content (AvgIpc) is 2.41. The second-order valence-corrected chi connectivity index (χ2v) is 4.76. The largest absolute Gasteiger partial charge is 0.459 e. The Labute approximate surface area is 108 Å². The van der Waals surface area contributed by atoms with Crippen molar-refractivity contribution in [2.24, 2.45) is 0 Å². The van der Waals surface area contributed by atoms with Crippen LogP contribution in [0.4, 0.5) is 0 Å². The molecule has 18 heavy (non-hydrogen) atoms. The first-order chi connectivity index (χ1) is 8.81. The first kappa shape index (κ1) is 13.1. The molecule has 0 bridgehead atoms. The zero-order chi connectivity index (χ0) is 12.8. The van der Waals surface area contributed by atoms with Crippen molar-refractivity contribution in [1.82, 2.24) is 0 Å². The molecule has 2 rings (SSSR count). The lowest BCUT2D eigenvalue weighted by Crippen LogP contribution is -2.21. The summed E-state index contributed by atoms with van der Waals surface area (Å²) in [5.74, 6) is -0.213. The number of benzene rings is 1. The van der Waals surface area contributed by atoms with Crippen LogP contribution in [0, 0.1) is 0 Å². The number of hydrogen-bond acceptors (Lipinski definition) is 3. The van der Waals surface area contributed by atoms with Crippen LogP contribution in [0.25, 0.3) is 0 Å². The van der Waals surface area contributed by atoms with Crippen molar-refractivity contribution < 1.29 is 14.3 Å². The summed E-state index contributed by atoms with van der Waals surface area (Å²) < 4.78 is 10.7. The zero-order valence-corrected chi connectivity index (χ0v) is 10.9. The van der Waals surface area contributed by atoms with Crippen molar-refractivity contribution in [2.45, 2.75) is 44.8 Å². The second kappa shape index (κ2) is 6.55. The first-order valence-corrected chi connectivity index (χ1v) is 6.59. The van der Waals surface area contributed by atoms with Gasteiger partial charge in [-0.25, -0.2) is 4.79 Å². The molecular formula is C15H20O3. The Kier molecular flexibility index (Phi) is 4.76. The Balaban J connectivity index is 2.03. The predicted octanol–water partition coefficient (Wildman–Crippen LogP) is 3.32. The van der Waals surface area contributed by atoms with Gasteiger partial charge in [-0.05, 0) is 37.3 Å². The molecule has 0 radical (unpaired) electrons. The van der Waals surface area contributed by atoms with E-state index in [1.165, 1.54) is 6.42 Å². The van der Waals surface area contributed by atoms with Crippen molar-refractivity contribution in [1.29, 1.82) is 0 Å². The van der Waals surface area contributed by atoms with Crippen LogP contribution < -0.4 is 0 Å². The van der Waals surface area contributed by atoms with Crippen LogP contribution in [-0.4, -0.2) is 19.2 Å². The fraction of sp³-hybridized carbons (Fsp3) is 0.533. The van der Waals surface area contributed by atoms with Gasteiger partial charge in [-0.1, -0.05) is 24.6 Å². The molecule has 1 saturated carbocycles. The van der Waals surface area contributed by atoms with Gasteiger partial charge in [0, 0.05) is 7.11 Å². The normalized spacial score (nSPS) is 16.5. The van der Waals surface area contributed by atoms with Crippen LogP contribution in [0.2, 0.25) is 0 Å². The van der Waals surface area contributed by atoms with E-state index in [9.17, 15) is 4.79 Å². The van der Waals surface area contributed by atoms with Crippen LogP contribution in [0.1, 0.15) is 48.0 Å². The van der Waals surface area contributed by atoms with Gasteiger partial charge in [0.05, 0.1) is 12.2 Å². The van der Waals surface area contributed by atoms with Crippen LogP contribution >= 0.6 is 0 Å². The minimum atomic E-state index is -0.213. The van der Waals surface area contributed by atoms with Crippen molar-refractivity contribution in [3.63, 3.8) is 0 Å². The maximum absolute atomic E-state index is 12.1. The summed E-state index contributed by atoms with van der Waals surface area (Å²) in [6, 6.07) is 7.48. The molecule has 0 atom stereocenters. The SMILES string of the molecule is COCc1ccccc1C(=O)OC1CCCCC1. The summed E-state index contributed by atoms with van der Waals surface area (Å²) in [5, 5.41) is 0. The third-order valence-corrected chi connectivity index (χ3v) is 3.36. The van der Waals surface area contributed by atoms with Crippen LogP contribution in [0.15, 0.2) is 24.3 Å². The number of hydrogen-bond donors (Lipinski definition) is 0. The molecule has 1 aliphatic carbocycles. The number of rotatable bonds is 4. The predicted molar refractivity (Wildman–Crippen MR) is 69.4 cm³/mol. The van der Waals surface area contributed by atoms with Crippen LogP contribution in [-0.2, 0) is 16.1 Å². The van der Waals surface area contributed by atoms with E-state index in [4.69, 9.17) is 9.47 Å². The Hall–Kier alpha value is -1.35. The van der Waals surface area contributed by atoms with E-state index in [0.717, 1.165) is 31.2 Å². The fourth-order valence-electron chi connectivity index (χ4n) is 2.40. The lowest BCUT2D eigenvalue weighted by molar-refractivity contribution is 0.0207. The van der Waals surface area contributed by atoms with E-state index >= 15 is 0 Å². The zero-order valence-electron chi connectivity index (χ0n) is 10.9. The molecule has 0 spiro atoms. The van der Waals surface area contributed by atoms with Gasteiger partial charge in [0.1, 0.15) is 6.10 Å². The second-order valence-electron chi connectivity index (χ2n) is 4.76. The van der Waals surface area contributed by atoms with E-state index in [0.29, 0.717) is 12.2 Å². The molecular weight excluding hydrogens is 228 g/mol. The molecule has 0 aliphatic heterocycles. The highest BCUT2D eigenvalue weighted by molar-refractivity contribution is 5.91. The molecule has 0 saturated heterocycles. The number of methoxy groups -OCH3 is 1. The van der Waals surface area contributed by atoms with Crippen molar-refractivity contribution in [3.05, 3.63) is 35.4 Å². The van der Waals surface area contributed by atoms with Crippen LogP contribution in [0.5, 0.6) is 0 Å². The van der Waals surface area contributed by atoms with Crippen molar-refractivity contribution in [2.75, 3.05) is 7.11 Å². The molecule has 1 aromatic carbocycles. The molecule has 0 N–H and O–H groups in total. The Morgan fingerprint density at radius 1 is 1.22 bits per heavy atom.